The topological polar surface area (TPSA) is 67.4 Å². The van der Waals surface area contributed by atoms with Crippen molar-refractivity contribution in [3.05, 3.63) is 66.0 Å². The summed E-state index contributed by atoms with van der Waals surface area (Å²) in [4.78, 5) is 24.5. The fraction of sp³-hybridized carbons (Fsp3) is 0.300. The van der Waals surface area contributed by atoms with Gasteiger partial charge in [0, 0.05) is 6.54 Å². The van der Waals surface area contributed by atoms with Crippen molar-refractivity contribution in [3.63, 3.8) is 0 Å². The number of nitrogens with one attached hydrogen (secondary N) is 2. The van der Waals surface area contributed by atoms with E-state index in [0.717, 1.165) is 5.56 Å². The second-order valence-electron chi connectivity index (χ2n) is 6.24. The van der Waals surface area contributed by atoms with Gasteiger partial charge in [-0.15, -0.1) is 0 Å². The molecule has 2 aromatic carbocycles. The molecule has 6 heteroatoms. The smallest absolute Gasteiger partial charge is 0.258 e. The zero-order valence-corrected chi connectivity index (χ0v) is 14.9. The summed E-state index contributed by atoms with van der Waals surface area (Å²) in [6.07, 6.45) is 0. The van der Waals surface area contributed by atoms with Crippen LogP contribution in [-0.4, -0.2) is 24.5 Å². The van der Waals surface area contributed by atoms with E-state index >= 15 is 0 Å². The number of hydrogen-bond donors (Lipinski definition) is 2. The third-order valence-electron chi connectivity index (χ3n) is 3.76. The molecule has 0 aliphatic heterocycles. The van der Waals surface area contributed by atoms with Crippen molar-refractivity contribution in [2.24, 2.45) is 5.92 Å². The Kier molecular flexibility index (Phi) is 7.14. The number of ether oxygens (including phenoxy) is 1. The molecule has 2 aromatic rings. The Morgan fingerprint density at radius 3 is 2.31 bits per heavy atom. The molecule has 0 bridgehead atoms. The number of para-hydroxylation sites is 1. The van der Waals surface area contributed by atoms with Crippen molar-refractivity contribution >= 4 is 11.8 Å². The average molecular weight is 358 g/mol. The third kappa shape index (κ3) is 6.20. The van der Waals surface area contributed by atoms with E-state index in [9.17, 15) is 14.0 Å². The Morgan fingerprint density at radius 1 is 1.04 bits per heavy atom. The number of carbonyl (C=O) groups excluding carboxylic acids is 2. The first-order valence-electron chi connectivity index (χ1n) is 8.45. The Balaban J connectivity index is 1.85. The lowest BCUT2D eigenvalue weighted by Crippen LogP contribution is -2.50. The zero-order chi connectivity index (χ0) is 18.9. The van der Waals surface area contributed by atoms with Gasteiger partial charge in [-0.2, -0.15) is 0 Å². The fourth-order valence-electron chi connectivity index (χ4n) is 2.32. The van der Waals surface area contributed by atoms with Crippen LogP contribution in [0.15, 0.2) is 54.6 Å². The zero-order valence-electron chi connectivity index (χ0n) is 14.9. The van der Waals surface area contributed by atoms with Crippen molar-refractivity contribution in [2.45, 2.75) is 26.4 Å². The van der Waals surface area contributed by atoms with Crippen LogP contribution in [0.4, 0.5) is 4.39 Å². The van der Waals surface area contributed by atoms with Crippen LogP contribution in [-0.2, 0) is 16.1 Å². The monoisotopic (exact) mass is 358 g/mol. The van der Waals surface area contributed by atoms with Crippen LogP contribution < -0.4 is 15.4 Å². The van der Waals surface area contributed by atoms with Gasteiger partial charge in [0.15, 0.2) is 6.61 Å². The summed E-state index contributed by atoms with van der Waals surface area (Å²) in [5.74, 6) is -0.499. The van der Waals surface area contributed by atoms with Gasteiger partial charge in [0.25, 0.3) is 5.91 Å². The second-order valence-corrected chi connectivity index (χ2v) is 6.24. The summed E-state index contributed by atoms with van der Waals surface area (Å²) in [5.41, 5.74) is 0.779. The van der Waals surface area contributed by atoms with Crippen LogP contribution in [0.1, 0.15) is 19.4 Å². The molecule has 2 amide bonds. The molecule has 0 heterocycles. The highest BCUT2D eigenvalue weighted by Crippen LogP contribution is 2.08. The van der Waals surface area contributed by atoms with E-state index in [0.29, 0.717) is 5.75 Å². The number of rotatable bonds is 8. The molecule has 26 heavy (non-hydrogen) atoms. The van der Waals surface area contributed by atoms with E-state index in [1.807, 2.05) is 32.0 Å². The number of benzene rings is 2. The first-order chi connectivity index (χ1) is 12.5. The van der Waals surface area contributed by atoms with Gasteiger partial charge in [0.05, 0.1) is 0 Å². The molecule has 0 spiro atoms. The molecular weight excluding hydrogens is 335 g/mol. The molecule has 0 unspecified atom stereocenters. The summed E-state index contributed by atoms with van der Waals surface area (Å²) in [5, 5.41) is 5.46. The SMILES string of the molecule is CC(C)[C@H](NC(=O)COc1ccccc1)C(=O)NCc1ccc(F)cc1. The van der Waals surface area contributed by atoms with Crippen LogP contribution in [0.5, 0.6) is 5.75 Å². The maximum Gasteiger partial charge on any atom is 0.258 e. The van der Waals surface area contributed by atoms with E-state index < -0.39 is 6.04 Å². The fourth-order valence-corrected chi connectivity index (χ4v) is 2.32. The van der Waals surface area contributed by atoms with E-state index in [4.69, 9.17) is 4.74 Å². The lowest BCUT2D eigenvalue weighted by atomic mass is 10.0. The molecule has 1 atom stereocenters. The molecule has 5 nitrogen and oxygen atoms in total. The van der Waals surface area contributed by atoms with Crippen LogP contribution in [0, 0.1) is 11.7 Å². The highest BCUT2D eigenvalue weighted by atomic mass is 19.1. The van der Waals surface area contributed by atoms with Gasteiger partial charge in [0.2, 0.25) is 5.91 Å². The minimum atomic E-state index is -0.678. The Hall–Kier alpha value is -2.89. The Bertz CT molecular complexity index is 718. The van der Waals surface area contributed by atoms with Gasteiger partial charge in [-0.3, -0.25) is 9.59 Å². The van der Waals surface area contributed by atoms with Crippen LogP contribution in [0.2, 0.25) is 0 Å². The van der Waals surface area contributed by atoms with Gasteiger partial charge < -0.3 is 15.4 Å². The molecule has 0 aromatic heterocycles. The predicted octanol–water partition coefficient (Wildman–Crippen LogP) is 2.66. The number of halogens is 1. The van der Waals surface area contributed by atoms with E-state index in [2.05, 4.69) is 10.6 Å². The molecule has 0 aliphatic carbocycles. The minimum Gasteiger partial charge on any atom is -0.484 e. The van der Waals surface area contributed by atoms with Crippen molar-refractivity contribution in [1.82, 2.24) is 10.6 Å². The van der Waals surface area contributed by atoms with Gasteiger partial charge in [0.1, 0.15) is 17.6 Å². The molecule has 0 saturated carbocycles. The number of carbonyl (C=O) groups is 2. The Labute approximate surface area is 152 Å². The summed E-state index contributed by atoms with van der Waals surface area (Å²) < 4.78 is 18.3. The highest BCUT2D eigenvalue weighted by molar-refractivity contribution is 5.88. The highest BCUT2D eigenvalue weighted by Gasteiger charge is 2.24. The first-order valence-corrected chi connectivity index (χ1v) is 8.45. The maximum atomic E-state index is 12.9. The quantitative estimate of drug-likeness (QED) is 0.762. The van der Waals surface area contributed by atoms with Gasteiger partial charge in [-0.05, 0) is 35.7 Å². The standard InChI is InChI=1S/C20H23FN2O3/c1-14(2)19(20(25)22-12-15-8-10-16(21)11-9-15)23-18(24)13-26-17-6-4-3-5-7-17/h3-11,14,19H,12-13H2,1-2H3,(H,22,25)(H,23,24)/t19-/m0/s1. The van der Waals surface area contributed by atoms with Crippen molar-refractivity contribution in [2.75, 3.05) is 6.61 Å². The van der Waals surface area contributed by atoms with Crippen LogP contribution in [0.25, 0.3) is 0 Å². The minimum absolute atomic E-state index is 0.0936. The van der Waals surface area contributed by atoms with Gasteiger partial charge in [-0.25, -0.2) is 4.39 Å². The second kappa shape index (κ2) is 9.56. The molecular formula is C20H23FN2O3. The normalized spacial score (nSPS) is 11.7. The van der Waals surface area contributed by atoms with E-state index in [-0.39, 0.29) is 36.7 Å². The first kappa shape index (κ1) is 19.4. The molecule has 2 N–H and O–H groups in total. The van der Waals surface area contributed by atoms with E-state index in [1.165, 1.54) is 12.1 Å². The largest absolute Gasteiger partial charge is 0.484 e. The number of hydrogen-bond acceptors (Lipinski definition) is 3. The number of amides is 2. The molecule has 0 aliphatic rings. The van der Waals surface area contributed by atoms with Gasteiger partial charge >= 0.3 is 0 Å². The predicted molar refractivity (Wildman–Crippen MR) is 97.0 cm³/mol. The molecule has 2 rings (SSSR count). The summed E-state index contributed by atoms with van der Waals surface area (Å²) in [6, 6.07) is 14.2. The Morgan fingerprint density at radius 2 is 1.69 bits per heavy atom. The summed E-state index contributed by atoms with van der Waals surface area (Å²) in [7, 11) is 0. The van der Waals surface area contributed by atoms with Crippen molar-refractivity contribution in [3.8, 4) is 5.75 Å². The molecule has 0 fully saturated rings. The van der Waals surface area contributed by atoms with Crippen LogP contribution >= 0.6 is 0 Å². The van der Waals surface area contributed by atoms with Gasteiger partial charge in [-0.1, -0.05) is 44.2 Å². The van der Waals surface area contributed by atoms with Crippen LogP contribution in [0.3, 0.4) is 0 Å². The summed E-state index contributed by atoms with van der Waals surface area (Å²) in [6.45, 7) is 3.79. The summed E-state index contributed by atoms with van der Waals surface area (Å²) >= 11 is 0. The van der Waals surface area contributed by atoms with Crippen molar-refractivity contribution < 1.29 is 18.7 Å². The lowest BCUT2D eigenvalue weighted by Gasteiger charge is -2.22. The molecule has 138 valence electrons. The third-order valence-corrected chi connectivity index (χ3v) is 3.76. The maximum absolute atomic E-state index is 12.9. The van der Waals surface area contributed by atoms with E-state index in [1.54, 1.807) is 24.3 Å². The molecule has 0 radical (unpaired) electrons. The lowest BCUT2D eigenvalue weighted by molar-refractivity contribution is -0.131. The average Bonchev–Trinajstić information content (AvgIpc) is 2.64. The van der Waals surface area contributed by atoms with Crippen molar-refractivity contribution in [1.29, 1.82) is 0 Å². The molecule has 0 saturated heterocycles.